The number of nitrogens with one attached hydrogen (secondary N) is 1. The van der Waals surface area contributed by atoms with Crippen molar-refractivity contribution in [3.05, 3.63) is 53.2 Å². The number of hydrogen-bond acceptors (Lipinski definition) is 7. The molecule has 9 heteroatoms. The highest BCUT2D eigenvalue weighted by Crippen LogP contribution is 2.31. The van der Waals surface area contributed by atoms with Gasteiger partial charge in [-0.05, 0) is 36.1 Å². The van der Waals surface area contributed by atoms with Crippen LogP contribution in [-0.2, 0) is 16.9 Å². The van der Waals surface area contributed by atoms with Gasteiger partial charge in [0.1, 0.15) is 17.8 Å². The predicted molar refractivity (Wildman–Crippen MR) is 97.0 cm³/mol. The number of carbonyl (C=O) groups excluding carboxylic acids is 2. The standard InChI is InChI=1S/C18H16N4O4S/c1-18(11-5-7-12(25-2)8-6-11)16(23)22(17(24)19-18)10-14-20-21-15(26-14)13-4-3-9-27-13/h3-9H,10H2,1-2H3,(H,19,24)/t18-/m1/s1. The average molecular weight is 384 g/mol. The number of carbonyl (C=O) groups is 2. The van der Waals surface area contributed by atoms with E-state index in [0.717, 1.165) is 9.78 Å². The summed E-state index contributed by atoms with van der Waals surface area (Å²) in [6.45, 7) is 1.58. The molecule has 0 aliphatic carbocycles. The van der Waals surface area contributed by atoms with E-state index in [1.807, 2.05) is 17.5 Å². The van der Waals surface area contributed by atoms with Crippen LogP contribution in [0.25, 0.3) is 10.8 Å². The molecule has 0 unspecified atom stereocenters. The zero-order valence-electron chi connectivity index (χ0n) is 14.6. The Hall–Kier alpha value is -3.20. The second-order valence-corrected chi connectivity index (χ2v) is 7.10. The first-order valence-electron chi connectivity index (χ1n) is 8.16. The molecule has 138 valence electrons. The molecule has 0 bridgehead atoms. The van der Waals surface area contributed by atoms with E-state index in [1.165, 1.54) is 11.3 Å². The number of nitrogens with zero attached hydrogens (tertiary/aromatic N) is 3. The molecular weight excluding hydrogens is 368 g/mol. The van der Waals surface area contributed by atoms with Crippen LogP contribution >= 0.6 is 11.3 Å². The van der Waals surface area contributed by atoms with Crippen LogP contribution in [0.1, 0.15) is 18.4 Å². The lowest BCUT2D eigenvalue weighted by Crippen LogP contribution is -2.40. The van der Waals surface area contributed by atoms with Gasteiger partial charge in [0, 0.05) is 0 Å². The molecule has 1 aliphatic rings. The number of aromatic nitrogens is 2. The molecule has 0 spiro atoms. The lowest BCUT2D eigenvalue weighted by atomic mass is 9.92. The Morgan fingerprint density at radius 3 is 2.67 bits per heavy atom. The van der Waals surface area contributed by atoms with Crippen LogP contribution in [0.2, 0.25) is 0 Å². The summed E-state index contributed by atoms with van der Waals surface area (Å²) in [6.07, 6.45) is 0. The molecule has 1 atom stereocenters. The van der Waals surface area contributed by atoms with E-state index in [1.54, 1.807) is 38.3 Å². The molecule has 1 aliphatic heterocycles. The number of hydrogen-bond donors (Lipinski definition) is 1. The quantitative estimate of drug-likeness (QED) is 0.680. The minimum Gasteiger partial charge on any atom is -0.497 e. The second kappa shape index (κ2) is 6.51. The van der Waals surface area contributed by atoms with Crippen molar-refractivity contribution in [2.75, 3.05) is 7.11 Å². The summed E-state index contributed by atoms with van der Waals surface area (Å²) in [6, 6.07) is 10.2. The van der Waals surface area contributed by atoms with Gasteiger partial charge in [0.25, 0.3) is 11.8 Å². The van der Waals surface area contributed by atoms with Gasteiger partial charge in [0.05, 0.1) is 12.0 Å². The number of imide groups is 1. The zero-order chi connectivity index (χ0) is 19.0. The number of rotatable bonds is 5. The van der Waals surface area contributed by atoms with Gasteiger partial charge in [-0.15, -0.1) is 21.5 Å². The van der Waals surface area contributed by atoms with E-state index >= 15 is 0 Å². The summed E-state index contributed by atoms with van der Waals surface area (Å²) in [5, 5.41) is 12.6. The molecule has 1 aromatic carbocycles. The molecule has 1 saturated heterocycles. The molecule has 27 heavy (non-hydrogen) atoms. The number of ether oxygens (including phenoxy) is 1. The minimum atomic E-state index is -1.17. The van der Waals surface area contributed by atoms with Crippen molar-refractivity contribution in [2.45, 2.75) is 19.0 Å². The van der Waals surface area contributed by atoms with E-state index in [-0.39, 0.29) is 18.3 Å². The van der Waals surface area contributed by atoms with Crippen molar-refractivity contribution >= 4 is 23.3 Å². The van der Waals surface area contributed by atoms with Crippen molar-refractivity contribution in [3.8, 4) is 16.5 Å². The molecular formula is C18H16N4O4S. The average Bonchev–Trinajstić information content (AvgIpc) is 3.40. The highest BCUT2D eigenvalue weighted by Gasteiger charge is 2.49. The molecule has 1 fully saturated rings. The molecule has 3 amide bonds. The minimum absolute atomic E-state index is 0.0885. The van der Waals surface area contributed by atoms with Gasteiger partial charge in [-0.25, -0.2) is 4.79 Å². The molecule has 0 saturated carbocycles. The van der Waals surface area contributed by atoms with Crippen molar-refractivity contribution < 1.29 is 18.7 Å². The summed E-state index contributed by atoms with van der Waals surface area (Å²) in [4.78, 5) is 27.3. The monoisotopic (exact) mass is 384 g/mol. The van der Waals surface area contributed by atoms with E-state index in [9.17, 15) is 9.59 Å². The highest BCUT2D eigenvalue weighted by molar-refractivity contribution is 7.13. The maximum atomic E-state index is 13.0. The van der Waals surface area contributed by atoms with E-state index < -0.39 is 11.6 Å². The van der Waals surface area contributed by atoms with Crippen LogP contribution in [0.3, 0.4) is 0 Å². The fraction of sp³-hybridized carbons (Fsp3) is 0.222. The first-order valence-corrected chi connectivity index (χ1v) is 9.04. The van der Waals surface area contributed by atoms with E-state index in [0.29, 0.717) is 17.2 Å². The molecule has 8 nitrogen and oxygen atoms in total. The van der Waals surface area contributed by atoms with Crippen LogP contribution in [0.5, 0.6) is 5.75 Å². The van der Waals surface area contributed by atoms with Crippen molar-refractivity contribution in [1.29, 1.82) is 0 Å². The SMILES string of the molecule is COc1ccc([C@@]2(C)NC(=O)N(Cc3nnc(-c4cccs4)o3)C2=O)cc1. The Kier molecular flexibility index (Phi) is 4.15. The highest BCUT2D eigenvalue weighted by atomic mass is 32.1. The maximum absolute atomic E-state index is 13.0. The van der Waals surface area contributed by atoms with Gasteiger partial charge in [0.15, 0.2) is 0 Å². The largest absolute Gasteiger partial charge is 0.497 e. The fourth-order valence-corrected chi connectivity index (χ4v) is 3.56. The van der Waals surface area contributed by atoms with Gasteiger partial charge in [-0.2, -0.15) is 0 Å². The smallest absolute Gasteiger partial charge is 0.325 e. The fourth-order valence-electron chi connectivity index (χ4n) is 2.91. The topological polar surface area (TPSA) is 97.6 Å². The van der Waals surface area contributed by atoms with Crippen LogP contribution in [-0.4, -0.2) is 34.1 Å². The number of methoxy groups -OCH3 is 1. The molecule has 3 aromatic rings. The van der Waals surface area contributed by atoms with Crippen LogP contribution in [0.4, 0.5) is 4.79 Å². The molecule has 4 rings (SSSR count). The Morgan fingerprint density at radius 2 is 2.00 bits per heavy atom. The van der Waals surface area contributed by atoms with Crippen molar-refractivity contribution in [2.24, 2.45) is 0 Å². The first-order chi connectivity index (χ1) is 13.0. The Bertz CT molecular complexity index is 983. The van der Waals surface area contributed by atoms with Crippen LogP contribution < -0.4 is 10.1 Å². The number of thiophene rings is 1. The molecule has 1 N–H and O–H groups in total. The zero-order valence-corrected chi connectivity index (χ0v) is 15.4. The van der Waals surface area contributed by atoms with Gasteiger partial charge in [0.2, 0.25) is 5.89 Å². The van der Waals surface area contributed by atoms with Crippen LogP contribution in [0.15, 0.2) is 46.2 Å². The van der Waals surface area contributed by atoms with E-state index in [4.69, 9.17) is 9.15 Å². The summed E-state index contributed by atoms with van der Waals surface area (Å²) in [5.74, 6) is 0.849. The van der Waals surface area contributed by atoms with Crippen molar-refractivity contribution in [3.63, 3.8) is 0 Å². The first kappa shape index (κ1) is 17.2. The summed E-state index contributed by atoms with van der Waals surface area (Å²) in [5.41, 5.74) is -0.506. The van der Waals surface area contributed by atoms with E-state index in [2.05, 4.69) is 15.5 Å². The van der Waals surface area contributed by atoms with Gasteiger partial charge in [-0.3, -0.25) is 9.69 Å². The number of benzene rings is 1. The predicted octanol–water partition coefficient (Wildman–Crippen LogP) is 2.77. The van der Waals surface area contributed by atoms with Gasteiger partial charge >= 0.3 is 6.03 Å². The summed E-state index contributed by atoms with van der Waals surface area (Å²) < 4.78 is 10.7. The third-order valence-corrected chi connectivity index (χ3v) is 5.29. The number of urea groups is 1. The maximum Gasteiger partial charge on any atom is 0.325 e. The second-order valence-electron chi connectivity index (χ2n) is 6.15. The Balaban J connectivity index is 1.56. The lowest BCUT2D eigenvalue weighted by molar-refractivity contribution is -0.131. The van der Waals surface area contributed by atoms with Crippen LogP contribution in [0, 0.1) is 0 Å². The van der Waals surface area contributed by atoms with Gasteiger partial charge < -0.3 is 14.5 Å². The Morgan fingerprint density at radius 1 is 1.22 bits per heavy atom. The molecule has 2 aromatic heterocycles. The summed E-state index contributed by atoms with van der Waals surface area (Å²) >= 11 is 1.47. The third-order valence-electron chi connectivity index (χ3n) is 4.43. The summed E-state index contributed by atoms with van der Waals surface area (Å²) in [7, 11) is 1.57. The Labute approximate surface area is 158 Å². The molecule has 0 radical (unpaired) electrons. The lowest BCUT2D eigenvalue weighted by Gasteiger charge is -2.22. The molecule has 3 heterocycles. The number of amides is 3. The van der Waals surface area contributed by atoms with Gasteiger partial charge in [-0.1, -0.05) is 18.2 Å². The third kappa shape index (κ3) is 2.95. The normalized spacial score (nSPS) is 19.4. The van der Waals surface area contributed by atoms with Crippen molar-refractivity contribution in [1.82, 2.24) is 20.4 Å².